The largest absolute Gasteiger partial charge is 0.372 e. The van der Waals surface area contributed by atoms with Gasteiger partial charge < -0.3 is 15.5 Å². The predicted molar refractivity (Wildman–Crippen MR) is 142 cm³/mol. The van der Waals surface area contributed by atoms with E-state index in [1.54, 1.807) is 4.80 Å². The normalized spacial score (nSPS) is 10.8. The molecule has 7 nitrogen and oxygen atoms in total. The molecule has 0 fully saturated rings. The quantitative estimate of drug-likeness (QED) is 0.382. The van der Waals surface area contributed by atoms with Gasteiger partial charge in [0.05, 0.1) is 12.1 Å². The Morgan fingerprint density at radius 2 is 1.62 bits per heavy atom. The van der Waals surface area contributed by atoms with E-state index in [-0.39, 0.29) is 17.4 Å². The summed E-state index contributed by atoms with van der Waals surface area (Å²) in [4.78, 5) is 16.2. The van der Waals surface area contributed by atoms with Crippen LogP contribution in [0.3, 0.4) is 0 Å². The highest BCUT2D eigenvalue weighted by Crippen LogP contribution is 2.23. The minimum Gasteiger partial charge on any atom is -0.372 e. The van der Waals surface area contributed by atoms with E-state index in [9.17, 15) is 4.79 Å². The van der Waals surface area contributed by atoms with Crippen LogP contribution in [0, 0.1) is 6.92 Å². The molecule has 1 heterocycles. The first-order valence-electron chi connectivity index (χ1n) is 11.3. The lowest BCUT2D eigenvalue weighted by atomic mass is 10.1. The molecule has 174 valence electrons. The third-order valence-corrected chi connectivity index (χ3v) is 5.85. The van der Waals surface area contributed by atoms with E-state index in [2.05, 4.69) is 51.7 Å². The van der Waals surface area contributed by atoms with Crippen molar-refractivity contribution >= 4 is 45.6 Å². The third kappa shape index (κ3) is 5.40. The number of aryl methyl sites for hydroxylation is 1. The van der Waals surface area contributed by atoms with E-state index in [0.29, 0.717) is 0 Å². The smallest absolute Gasteiger partial charge is 0.230 e. The van der Waals surface area contributed by atoms with Gasteiger partial charge in [0.2, 0.25) is 5.91 Å². The summed E-state index contributed by atoms with van der Waals surface area (Å²) in [5.41, 5.74) is 6.26. The van der Waals surface area contributed by atoms with Gasteiger partial charge in [-0.25, -0.2) is 0 Å². The van der Waals surface area contributed by atoms with E-state index < -0.39 is 0 Å². The molecule has 1 amide bonds. The SMILES string of the molecule is CCN(CC)c1ccc(-n2nc3cc(C)c(NC(=S)NC(=O)Cc4ccccc4)cc3n2)cc1. The van der Waals surface area contributed by atoms with Gasteiger partial charge >= 0.3 is 0 Å². The molecule has 0 saturated carbocycles. The minimum absolute atomic E-state index is 0.165. The Bertz CT molecular complexity index is 1300. The van der Waals surface area contributed by atoms with Crippen LogP contribution in [0.25, 0.3) is 16.7 Å². The lowest BCUT2D eigenvalue weighted by molar-refractivity contribution is -0.119. The zero-order valence-electron chi connectivity index (χ0n) is 19.6. The molecular weight excluding hydrogens is 444 g/mol. The van der Waals surface area contributed by atoms with Crippen molar-refractivity contribution < 1.29 is 4.79 Å². The van der Waals surface area contributed by atoms with Crippen molar-refractivity contribution in [3.8, 4) is 5.69 Å². The van der Waals surface area contributed by atoms with Gasteiger partial charge in [0.25, 0.3) is 0 Å². The van der Waals surface area contributed by atoms with E-state index in [1.165, 1.54) is 5.69 Å². The Hall–Kier alpha value is -3.78. The van der Waals surface area contributed by atoms with Gasteiger partial charge in [-0.3, -0.25) is 4.79 Å². The van der Waals surface area contributed by atoms with Crippen molar-refractivity contribution in [3.05, 3.63) is 77.9 Å². The molecule has 2 N–H and O–H groups in total. The van der Waals surface area contributed by atoms with Crippen LogP contribution >= 0.6 is 12.2 Å². The molecule has 0 radical (unpaired) electrons. The molecule has 0 saturated heterocycles. The topological polar surface area (TPSA) is 75.1 Å². The van der Waals surface area contributed by atoms with Gasteiger partial charge in [-0.15, -0.1) is 10.2 Å². The first-order chi connectivity index (χ1) is 16.5. The molecule has 0 spiro atoms. The summed E-state index contributed by atoms with van der Waals surface area (Å²) < 4.78 is 0. The average Bonchev–Trinajstić information content (AvgIpc) is 3.23. The second kappa shape index (κ2) is 10.4. The fraction of sp³-hybridized carbons (Fsp3) is 0.231. The number of anilines is 2. The number of amides is 1. The van der Waals surface area contributed by atoms with Gasteiger partial charge in [-0.2, -0.15) is 4.80 Å². The van der Waals surface area contributed by atoms with Crippen LogP contribution < -0.4 is 15.5 Å². The summed E-state index contributed by atoms with van der Waals surface area (Å²) >= 11 is 5.36. The molecule has 0 atom stereocenters. The summed E-state index contributed by atoms with van der Waals surface area (Å²) in [6, 6.07) is 21.6. The number of rotatable bonds is 7. The Morgan fingerprint density at radius 1 is 0.971 bits per heavy atom. The molecule has 4 rings (SSSR count). The summed E-state index contributed by atoms with van der Waals surface area (Å²) in [7, 11) is 0. The number of carbonyl (C=O) groups excluding carboxylic acids is 1. The van der Waals surface area contributed by atoms with Crippen LogP contribution in [-0.4, -0.2) is 39.1 Å². The van der Waals surface area contributed by atoms with E-state index in [0.717, 1.165) is 46.6 Å². The van der Waals surface area contributed by atoms with E-state index in [1.807, 2.05) is 61.5 Å². The molecule has 8 heteroatoms. The summed E-state index contributed by atoms with van der Waals surface area (Å²) in [5.74, 6) is -0.165. The zero-order valence-corrected chi connectivity index (χ0v) is 20.4. The van der Waals surface area contributed by atoms with Crippen molar-refractivity contribution in [1.29, 1.82) is 0 Å². The maximum atomic E-state index is 12.3. The summed E-state index contributed by atoms with van der Waals surface area (Å²) in [5, 5.41) is 15.4. The van der Waals surface area contributed by atoms with Gasteiger partial charge in [-0.1, -0.05) is 30.3 Å². The molecule has 0 aliphatic carbocycles. The van der Waals surface area contributed by atoms with Crippen LogP contribution in [0.4, 0.5) is 11.4 Å². The molecule has 3 aromatic carbocycles. The maximum absolute atomic E-state index is 12.3. The molecular formula is C26H28N6OS. The number of fused-ring (bicyclic) bond motifs is 1. The van der Waals surface area contributed by atoms with Gasteiger partial charge in [-0.05, 0) is 80.5 Å². The molecule has 0 bridgehead atoms. The fourth-order valence-electron chi connectivity index (χ4n) is 3.81. The Kier molecular flexibility index (Phi) is 7.18. The standard InChI is InChI=1S/C26H28N6OS/c1-4-31(5-2)20-11-13-21(14-12-20)32-29-23-15-18(3)22(17-24(23)30-32)27-26(34)28-25(33)16-19-9-7-6-8-10-19/h6-15,17H,4-5,16H2,1-3H3,(H2,27,28,33,34). The number of benzene rings is 3. The first-order valence-corrected chi connectivity index (χ1v) is 11.8. The zero-order chi connectivity index (χ0) is 24.1. The predicted octanol–water partition coefficient (Wildman–Crippen LogP) is 4.63. The first kappa shape index (κ1) is 23.4. The van der Waals surface area contributed by atoms with Gasteiger partial charge in [0.15, 0.2) is 5.11 Å². The van der Waals surface area contributed by atoms with Crippen LogP contribution in [0.1, 0.15) is 25.0 Å². The Balaban J connectivity index is 1.47. The summed E-state index contributed by atoms with van der Waals surface area (Å²) in [6.07, 6.45) is 0.266. The molecule has 0 aliphatic heterocycles. The van der Waals surface area contributed by atoms with Crippen molar-refractivity contribution in [2.24, 2.45) is 0 Å². The second-order valence-corrected chi connectivity index (χ2v) is 8.41. The molecule has 0 aliphatic rings. The maximum Gasteiger partial charge on any atom is 0.230 e. The number of hydrogen-bond acceptors (Lipinski definition) is 5. The van der Waals surface area contributed by atoms with Gasteiger partial charge in [0, 0.05) is 24.5 Å². The number of aromatic nitrogens is 3. The highest BCUT2D eigenvalue weighted by Gasteiger charge is 2.12. The summed E-state index contributed by atoms with van der Waals surface area (Å²) in [6.45, 7) is 8.18. The van der Waals surface area contributed by atoms with Crippen LogP contribution in [0.2, 0.25) is 0 Å². The van der Waals surface area contributed by atoms with Crippen molar-refractivity contribution in [3.63, 3.8) is 0 Å². The average molecular weight is 473 g/mol. The number of carbonyl (C=O) groups is 1. The highest BCUT2D eigenvalue weighted by molar-refractivity contribution is 7.80. The van der Waals surface area contributed by atoms with Crippen LogP contribution in [-0.2, 0) is 11.2 Å². The second-order valence-electron chi connectivity index (χ2n) is 8.00. The Morgan fingerprint density at radius 3 is 2.26 bits per heavy atom. The number of nitrogens with zero attached hydrogens (tertiary/aromatic N) is 4. The molecule has 1 aromatic heterocycles. The lowest BCUT2D eigenvalue weighted by Gasteiger charge is -2.20. The lowest BCUT2D eigenvalue weighted by Crippen LogP contribution is -2.35. The van der Waals surface area contributed by atoms with Crippen LogP contribution in [0.5, 0.6) is 0 Å². The Labute approximate surface area is 204 Å². The third-order valence-electron chi connectivity index (χ3n) is 5.64. The molecule has 0 unspecified atom stereocenters. The molecule has 4 aromatic rings. The number of nitrogens with one attached hydrogen (secondary N) is 2. The number of hydrogen-bond donors (Lipinski definition) is 2. The fourth-order valence-corrected chi connectivity index (χ4v) is 4.03. The van der Waals surface area contributed by atoms with Crippen molar-refractivity contribution in [2.45, 2.75) is 27.2 Å². The van der Waals surface area contributed by atoms with Crippen molar-refractivity contribution in [1.82, 2.24) is 20.3 Å². The van der Waals surface area contributed by atoms with E-state index >= 15 is 0 Å². The minimum atomic E-state index is -0.165. The molecule has 34 heavy (non-hydrogen) atoms. The van der Waals surface area contributed by atoms with Crippen LogP contribution in [0.15, 0.2) is 66.7 Å². The highest BCUT2D eigenvalue weighted by atomic mass is 32.1. The van der Waals surface area contributed by atoms with Crippen molar-refractivity contribution in [2.75, 3.05) is 23.3 Å². The van der Waals surface area contributed by atoms with Gasteiger partial charge in [0.1, 0.15) is 11.0 Å². The van der Waals surface area contributed by atoms with E-state index in [4.69, 9.17) is 12.2 Å². The monoisotopic (exact) mass is 472 g/mol. The number of thiocarbonyl (C=S) groups is 1.